The number of rotatable bonds is 2. The lowest BCUT2D eigenvalue weighted by molar-refractivity contribution is -0.121. The van der Waals surface area contributed by atoms with Crippen LogP contribution in [0.1, 0.15) is 16.8 Å². The monoisotopic (exact) mass is 251 g/mol. The van der Waals surface area contributed by atoms with Crippen LogP contribution in [0.2, 0.25) is 0 Å². The van der Waals surface area contributed by atoms with E-state index in [9.17, 15) is 14.0 Å². The Labute approximate surface area is 104 Å². The standard InChI is InChI=1S/C12H14FN3O2/c13-9-2-1-7(5-10(9)14)12(18)16-4-3-8(6-16)11(15)17/h1-2,5,8H,3-4,6,14H2,(H2,15,17). The number of nitrogens with zero attached hydrogens (tertiary/aromatic N) is 1. The number of hydrogen-bond donors (Lipinski definition) is 2. The second kappa shape index (κ2) is 4.64. The van der Waals surface area contributed by atoms with Crippen LogP contribution in [0, 0.1) is 11.7 Å². The molecule has 0 bridgehead atoms. The number of likely N-dealkylation sites (tertiary alicyclic amines) is 1. The lowest BCUT2D eigenvalue weighted by Gasteiger charge is -2.16. The molecule has 2 rings (SSSR count). The van der Waals surface area contributed by atoms with Gasteiger partial charge < -0.3 is 16.4 Å². The summed E-state index contributed by atoms with van der Waals surface area (Å²) in [7, 11) is 0. The third-order valence-corrected chi connectivity index (χ3v) is 3.12. The molecule has 1 heterocycles. The first-order valence-electron chi connectivity index (χ1n) is 5.62. The van der Waals surface area contributed by atoms with E-state index >= 15 is 0 Å². The topological polar surface area (TPSA) is 89.4 Å². The maximum Gasteiger partial charge on any atom is 0.253 e. The number of nitrogens with two attached hydrogens (primary N) is 2. The van der Waals surface area contributed by atoms with Gasteiger partial charge in [0.1, 0.15) is 5.82 Å². The van der Waals surface area contributed by atoms with Gasteiger partial charge >= 0.3 is 0 Å². The van der Waals surface area contributed by atoms with Crippen LogP contribution in [0.3, 0.4) is 0 Å². The van der Waals surface area contributed by atoms with Crippen molar-refractivity contribution in [3.63, 3.8) is 0 Å². The molecule has 1 saturated heterocycles. The van der Waals surface area contributed by atoms with Gasteiger partial charge in [-0.1, -0.05) is 0 Å². The van der Waals surface area contributed by atoms with Gasteiger partial charge in [-0.05, 0) is 24.6 Å². The van der Waals surface area contributed by atoms with E-state index < -0.39 is 11.7 Å². The predicted octanol–water partition coefficient (Wildman–Crippen LogP) is 0.355. The first kappa shape index (κ1) is 12.3. The number of carbonyl (C=O) groups is 2. The Morgan fingerprint density at radius 3 is 2.67 bits per heavy atom. The second-order valence-electron chi connectivity index (χ2n) is 4.38. The molecule has 0 radical (unpaired) electrons. The van der Waals surface area contributed by atoms with Gasteiger partial charge in [-0.25, -0.2) is 4.39 Å². The summed E-state index contributed by atoms with van der Waals surface area (Å²) in [4.78, 5) is 24.6. The summed E-state index contributed by atoms with van der Waals surface area (Å²) in [6, 6.07) is 3.84. The van der Waals surface area contributed by atoms with Crippen LogP contribution < -0.4 is 11.5 Å². The SMILES string of the molecule is NC(=O)C1CCN(C(=O)c2ccc(F)c(N)c2)C1. The van der Waals surface area contributed by atoms with Gasteiger partial charge in [0.05, 0.1) is 11.6 Å². The van der Waals surface area contributed by atoms with Crippen molar-refractivity contribution in [2.45, 2.75) is 6.42 Å². The first-order chi connectivity index (χ1) is 8.49. The lowest BCUT2D eigenvalue weighted by Crippen LogP contribution is -2.31. The summed E-state index contributed by atoms with van der Waals surface area (Å²) in [5, 5.41) is 0. The highest BCUT2D eigenvalue weighted by molar-refractivity contribution is 5.95. The van der Waals surface area contributed by atoms with Crippen LogP contribution in [-0.4, -0.2) is 29.8 Å². The zero-order valence-electron chi connectivity index (χ0n) is 9.73. The summed E-state index contributed by atoms with van der Waals surface area (Å²) in [5.41, 5.74) is 10.9. The number of carbonyl (C=O) groups excluding carboxylic acids is 2. The molecule has 4 N–H and O–H groups in total. The normalized spacial score (nSPS) is 18.9. The van der Waals surface area contributed by atoms with E-state index in [0.29, 0.717) is 25.1 Å². The summed E-state index contributed by atoms with van der Waals surface area (Å²) in [5.74, 6) is -1.51. The zero-order chi connectivity index (χ0) is 13.3. The average Bonchev–Trinajstić information content (AvgIpc) is 2.81. The summed E-state index contributed by atoms with van der Waals surface area (Å²) >= 11 is 0. The average molecular weight is 251 g/mol. The molecule has 1 atom stereocenters. The van der Waals surface area contributed by atoms with Crippen molar-refractivity contribution in [3.05, 3.63) is 29.6 Å². The highest BCUT2D eigenvalue weighted by atomic mass is 19.1. The highest BCUT2D eigenvalue weighted by Crippen LogP contribution is 2.20. The number of amides is 2. The zero-order valence-corrected chi connectivity index (χ0v) is 9.73. The van der Waals surface area contributed by atoms with Gasteiger partial charge in [0.25, 0.3) is 5.91 Å². The van der Waals surface area contributed by atoms with E-state index in [1.165, 1.54) is 17.0 Å². The number of nitrogen functional groups attached to an aromatic ring is 1. The van der Waals surface area contributed by atoms with Crippen LogP contribution in [0.15, 0.2) is 18.2 Å². The maximum atomic E-state index is 13.0. The molecule has 1 aliphatic rings. The number of anilines is 1. The van der Waals surface area contributed by atoms with E-state index in [4.69, 9.17) is 11.5 Å². The fourth-order valence-electron chi connectivity index (χ4n) is 2.04. The number of primary amides is 1. The number of hydrogen-bond acceptors (Lipinski definition) is 3. The molecular weight excluding hydrogens is 237 g/mol. The summed E-state index contributed by atoms with van der Waals surface area (Å²) < 4.78 is 13.0. The van der Waals surface area contributed by atoms with E-state index in [1.807, 2.05) is 0 Å². The molecule has 0 aromatic heterocycles. The molecule has 6 heteroatoms. The predicted molar refractivity (Wildman–Crippen MR) is 64.0 cm³/mol. The lowest BCUT2D eigenvalue weighted by atomic mass is 10.1. The Morgan fingerprint density at radius 2 is 2.11 bits per heavy atom. The molecular formula is C12H14FN3O2. The smallest absolute Gasteiger partial charge is 0.253 e. The third kappa shape index (κ3) is 2.27. The Kier molecular flexibility index (Phi) is 3.18. The van der Waals surface area contributed by atoms with Crippen molar-refractivity contribution in [2.24, 2.45) is 11.7 Å². The quantitative estimate of drug-likeness (QED) is 0.743. The molecule has 0 spiro atoms. The third-order valence-electron chi connectivity index (χ3n) is 3.12. The molecule has 0 saturated carbocycles. The van der Waals surface area contributed by atoms with Gasteiger partial charge in [-0.3, -0.25) is 9.59 Å². The molecule has 1 aliphatic heterocycles. The minimum Gasteiger partial charge on any atom is -0.396 e. The molecule has 1 aromatic rings. The van der Waals surface area contributed by atoms with Crippen molar-refractivity contribution in [3.8, 4) is 0 Å². The van der Waals surface area contributed by atoms with Gasteiger partial charge in [0.15, 0.2) is 0 Å². The molecule has 0 aliphatic carbocycles. The minimum absolute atomic E-state index is 0.0634. The minimum atomic E-state index is -0.553. The fourth-order valence-corrected chi connectivity index (χ4v) is 2.04. The Hall–Kier alpha value is -2.11. The molecule has 5 nitrogen and oxygen atoms in total. The Balaban J connectivity index is 2.12. The van der Waals surface area contributed by atoms with Crippen molar-refractivity contribution in [1.29, 1.82) is 0 Å². The molecule has 96 valence electrons. The number of benzene rings is 1. The number of halogens is 1. The van der Waals surface area contributed by atoms with E-state index in [1.54, 1.807) is 0 Å². The van der Waals surface area contributed by atoms with Crippen LogP contribution in [0.5, 0.6) is 0 Å². The van der Waals surface area contributed by atoms with Crippen molar-refractivity contribution >= 4 is 17.5 Å². The highest BCUT2D eigenvalue weighted by Gasteiger charge is 2.30. The molecule has 1 aromatic carbocycles. The fraction of sp³-hybridized carbons (Fsp3) is 0.333. The van der Waals surface area contributed by atoms with E-state index in [-0.39, 0.29) is 17.5 Å². The second-order valence-corrected chi connectivity index (χ2v) is 4.38. The van der Waals surface area contributed by atoms with E-state index in [2.05, 4.69) is 0 Å². The van der Waals surface area contributed by atoms with Crippen molar-refractivity contribution in [1.82, 2.24) is 4.90 Å². The molecule has 18 heavy (non-hydrogen) atoms. The molecule has 2 amide bonds. The van der Waals surface area contributed by atoms with Gasteiger partial charge in [0.2, 0.25) is 5.91 Å². The first-order valence-corrected chi connectivity index (χ1v) is 5.62. The summed E-state index contributed by atoms with van der Waals surface area (Å²) in [6.45, 7) is 0.787. The molecule has 1 fully saturated rings. The largest absolute Gasteiger partial charge is 0.396 e. The van der Waals surface area contributed by atoms with Crippen LogP contribution in [0.25, 0.3) is 0 Å². The Morgan fingerprint density at radius 1 is 1.39 bits per heavy atom. The van der Waals surface area contributed by atoms with Crippen LogP contribution in [0.4, 0.5) is 10.1 Å². The van der Waals surface area contributed by atoms with Crippen LogP contribution >= 0.6 is 0 Å². The van der Waals surface area contributed by atoms with E-state index in [0.717, 1.165) is 6.07 Å². The summed E-state index contributed by atoms with van der Waals surface area (Å²) in [6.07, 6.45) is 0.567. The maximum absolute atomic E-state index is 13.0. The van der Waals surface area contributed by atoms with Crippen molar-refractivity contribution in [2.75, 3.05) is 18.8 Å². The van der Waals surface area contributed by atoms with Gasteiger partial charge in [0, 0.05) is 18.7 Å². The van der Waals surface area contributed by atoms with Crippen molar-refractivity contribution < 1.29 is 14.0 Å². The van der Waals surface area contributed by atoms with Gasteiger partial charge in [-0.15, -0.1) is 0 Å². The van der Waals surface area contributed by atoms with Crippen LogP contribution in [-0.2, 0) is 4.79 Å². The van der Waals surface area contributed by atoms with Gasteiger partial charge in [-0.2, -0.15) is 0 Å². The molecule has 1 unspecified atom stereocenters. The Bertz CT molecular complexity index is 504.